The molecule has 0 spiro atoms. The maximum Gasteiger partial charge on any atom is 0.241 e. The van der Waals surface area contributed by atoms with Crippen molar-refractivity contribution < 1.29 is 13.9 Å². The minimum Gasteiger partial charge on any atom is -0.473 e. The summed E-state index contributed by atoms with van der Waals surface area (Å²) in [5, 5.41) is 8.60. The third-order valence-corrected chi connectivity index (χ3v) is 4.04. The molecule has 1 aliphatic rings. The summed E-state index contributed by atoms with van der Waals surface area (Å²) in [7, 11) is 0. The Morgan fingerprint density at radius 2 is 2.04 bits per heavy atom. The zero-order valence-corrected chi connectivity index (χ0v) is 13.1. The molecule has 2 aromatic carbocycles. The number of fused-ring (bicyclic) bond motifs is 1. The van der Waals surface area contributed by atoms with E-state index in [4.69, 9.17) is 9.47 Å². The number of rotatable bonds is 4. The number of benzene rings is 2. The second kappa shape index (κ2) is 6.59. The van der Waals surface area contributed by atoms with Gasteiger partial charge in [0.1, 0.15) is 24.2 Å². The average molecular weight is 327 g/mol. The first-order valence-corrected chi connectivity index (χ1v) is 8.01. The van der Waals surface area contributed by atoms with Crippen LogP contribution in [0, 0.1) is 5.82 Å². The van der Waals surface area contributed by atoms with Crippen molar-refractivity contribution in [2.24, 2.45) is 0 Å². The van der Waals surface area contributed by atoms with Crippen LogP contribution in [0.3, 0.4) is 0 Å². The summed E-state index contributed by atoms with van der Waals surface area (Å²) in [6.45, 7) is 2.71. The molecule has 124 valence electrons. The highest BCUT2D eigenvalue weighted by Gasteiger charge is 2.18. The first kappa shape index (κ1) is 15.1. The predicted octanol–water partition coefficient (Wildman–Crippen LogP) is 2.53. The van der Waals surface area contributed by atoms with Gasteiger partial charge in [-0.1, -0.05) is 24.3 Å². The van der Waals surface area contributed by atoms with Gasteiger partial charge in [-0.15, -0.1) is 5.10 Å². The highest BCUT2D eigenvalue weighted by molar-refractivity contribution is 5.86. The van der Waals surface area contributed by atoms with Crippen LogP contribution in [0.2, 0.25) is 0 Å². The van der Waals surface area contributed by atoms with Crippen molar-refractivity contribution in [1.82, 2.24) is 15.1 Å². The fourth-order valence-electron chi connectivity index (χ4n) is 2.85. The second-order valence-electron chi connectivity index (χ2n) is 5.69. The lowest BCUT2D eigenvalue weighted by atomic mass is 10.2. The maximum absolute atomic E-state index is 14.2. The van der Waals surface area contributed by atoms with Gasteiger partial charge in [0.2, 0.25) is 5.88 Å². The van der Waals surface area contributed by atoms with Crippen LogP contribution >= 0.6 is 0 Å². The first-order valence-electron chi connectivity index (χ1n) is 8.01. The Bertz CT molecular complexity index is 843. The lowest BCUT2D eigenvalue weighted by Gasteiger charge is -2.23. The molecule has 6 heteroatoms. The number of ether oxygens (including phenoxy) is 2. The van der Waals surface area contributed by atoms with Crippen LogP contribution < -0.4 is 10.1 Å². The molecule has 3 aromatic rings. The Morgan fingerprint density at radius 3 is 2.88 bits per heavy atom. The topological polar surface area (TPSA) is 48.3 Å². The summed E-state index contributed by atoms with van der Waals surface area (Å²) in [6.07, 6.45) is -0.00359. The van der Waals surface area contributed by atoms with Crippen LogP contribution in [0.4, 0.5) is 4.39 Å². The van der Waals surface area contributed by atoms with Gasteiger partial charge in [0.05, 0.1) is 17.5 Å². The standard InChI is InChI=1S/C18H18FN3O2/c19-15-6-2-4-8-17(15)22-16-7-3-1-5-14(16)18(21-22)24-12-13-11-20-9-10-23-13/h1-8,13,20H,9-12H2. The lowest BCUT2D eigenvalue weighted by Crippen LogP contribution is -2.41. The second-order valence-corrected chi connectivity index (χ2v) is 5.69. The zero-order chi connectivity index (χ0) is 16.4. The van der Waals surface area contributed by atoms with Crippen molar-refractivity contribution in [1.29, 1.82) is 0 Å². The number of nitrogens with one attached hydrogen (secondary N) is 1. The van der Waals surface area contributed by atoms with Crippen LogP contribution in [-0.4, -0.2) is 42.2 Å². The van der Waals surface area contributed by atoms with Gasteiger partial charge in [-0.25, -0.2) is 9.07 Å². The van der Waals surface area contributed by atoms with Gasteiger partial charge in [0.15, 0.2) is 0 Å². The molecule has 0 radical (unpaired) electrons. The molecular weight excluding hydrogens is 309 g/mol. The fourth-order valence-corrected chi connectivity index (χ4v) is 2.85. The van der Waals surface area contributed by atoms with Crippen LogP contribution in [0.25, 0.3) is 16.6 Å². The minimum atomic E-state index is -0.322. The van der Waals surface area contributed by atoms with Gasteiger partial charge >= 0.3 is 0 Å². The van der Waals surface area contributed by atoms with Crippen molar-refractivity contribution in [3.8, 4) is 11.6 Å². The highest BCUT2D eigenvalue weighted by Crippen LogP contribution is 2.28. The smallest absolute Gasteiger partial charge is 0.241 e. The number of aromatic nitrogens is 2. The van der Waals surface area contributed by atoms with Gasteiger partial charge < -0.3 is 14.8 Å². The Morgan fingerprint density at radius 1 is 1.21 bits per heavy atom. The predicted molar refractivity (Wildman–Crippen MR) is 89.1 cm³/mol. The molecule has 1 saturated heterocycles. The minimum absolute atomic E-state index is 0.00359. The Hall–Kier alpha value is -2.44. The molecule has 4 rings (SSSR count). The number of nitrogens with zero attached hydrogens (tertiary/aromatic N) is 2. The Kier molecular flexibility index (Phi) is 4.15. The largest absolute Gasteiger partial charge is 0.473 e. The first-order chi connectivity index (χ1) is 11.8. The molecule has 1 fully saturated rings. The van der Waals surface area contributed by atoms with E-state index in [0.29, 0.717) is 24.8 Å². The molecule has 1 aromatic heterocycles. The monoisotopic (exact) mass is 327 g/mol. The van der Waals surface area contributed by atoms with Gasteiger partial charge in [-0.3, -0.25) is 0 Å². The van der Waals surface area contributed by atoms with Crippen molar-refractivity contribution >= 4 is 10.9 Å². The van der Waals surface area contributed by atoms with E-state index >= 15 is 0 Å². The summed E-state index contributed by atoms with van der Waals surface area (Å²) in [5.74, 6) is 0.167. The van der Waals surface area contributed by atoms with Crippen molar-refractivity contribution in [2.45, 2.75) is 6.10 Å². The quantitative estimate of drug-likeness (QED) is 0.800. The summed E-state index contributed by atoms with van der Waals surface area (Å²) in [5.41, 5.74) is 1.21. The molecular formula is C18H18FN3O2. The number of hydrogen-bond acceptors (Lipinski definition) is 4. The van der Waals surface area contributed by atoms with Crippen molar-refractivity contribution in [2.75, 3.05) is 26.3 Å². The van der Waals surface area contributed by atoms with E-state index in [9.17, 15) is 4.39 Å². The maximum atomic E-state index is 14.2. The number of para-hydroxylation sites is 2. The van der Waals surface area contributed by atoms with Gasteiger partial charge in [-0.2, -0.15) is 0 Å². The van der Waals surface area contributed by atoms with Gasteiger partial charge in [-0.05, 0) is 24.3 Å². The molecule has 0 bridgehead atoms. The molecule has 0 saturated carbocycles. The zero-order valence-electron chi connectivity index (χ0n) is 13.1. The molecule has 2 heterocycles. The molecule has 1 unspecified atom stereocenters. The number of halogens is 1. The number of morpholine rings is 1. The summed E-state index contributed by atoms with van der Waals surface area (Å²) >= 11 is 0. The molecule has 24 heavy (non-hydrogen) atoms. The van der Waals surface area contributed by atoms with Gasteiger partial charge in [0.25, 0.3) is 0 Å². The van der Waals surface area contributed by atoms with E-state index in [0.717, 1.165) is 24.0 Å². The average Bonchev–Trinajstić information content (AvgIpc) is 3.00. The molecule has 0 aliphatic carbocycles. The summed E-state index contributed by atoms with van der Waals surface area (Å²) in [4.78, 5) is 0. The normalized spacial score (nSPS) is 18.0. The van der Waals surface area contributed by atoms with Crippen LogP contribution in [0.1, 0.15) is 0 Å². The van der Waals surface area contributed by atoms with Crippen molar-refractivity contribution in [3.05, 3.63) is 54.3 Å². The van der Waals surface area contributed by atoms with E-state index in [2.05, 4.69) is 10.4 Å². The van der Waals surface area contributed by atoms with E-state index in [1.807, 2.05) is 24.3 Å². The Labute approximate surface area is 139 Å². The third kappa shape index (κ3) is 2.86. The van der Waals surface area contributed by atoms with Crippen LogP contribution in [-0.2, 0) is 4.74 Å². The van der Waals surface area contributed by atoms with E-state index < -0.39 is 0 Å². The summed E-state index contributed by atoms with van der Waals surface area (Å²) in [6, 6.07) is 14.2. The molecule has 0 amide bonds. The SMILES string of the molecule is Fc1ccccc1-n1nc(OCC2CNCCO2)c2ccccc21. The highest BCUT2D eigenvalue weighted by atomic mass is 19.1. The third-order valence-electron chi connectivity index (χ3n) is 4.04. The molecule has 1 N–H and O–H groups in total. The number of hydrogen-bond donors (Lipinski definition) is 1. The van der Waals surface area contributed by atoms with E-state index in [1.54, 1.807) is 22.9 Å². The molecule has 5 nitrogen and oxygen atoms in total. The van der Waals surface area contributed by atoms with Gasteiger partial charge in [0, 0.05) is 13.1 Å². The van der Waals surface area contributed by atoms with Crippen molar-refractivity contribution in [3.63, 3.8) is 0 Å². The van der Waals surface area contributed by atoms with Crippen LogP contribution in [0.15, 0.2) is 48.5 Å². The molecule has 1 atom stereocenters. The molecule has 1 aliphatic heterocycles. The summed E-state index contributed by atoms with van der Waals surface area (Å²) < 4.78 is 27.3. The van der Waals surface area contributed by atoms with Crippen LogP contribution in [0.5, 0.6) is 5.88 Å². The Balaban J connectivity index is 1.67. The fraction of sp³-hybridized carbons (Fsp3) is 0.278. The lowest BCUT2D eigenvalue weighted by molar-refractivity contribution is -0.000507. The van der Waals surface area contributed by atoms with E-state index in [1.165, 1.54) is 6.07 Å². The van der Waals surface area contributed by atoms with E-state index in [-0.39, 0.29) is 11.9 Å².